The Kier molecular flexibility index (Phi) is 1550. The van der Waals surface area contributed by atoms with E-state index in [1.807, 2.05) is 0 Å². The predicted molar refractivity (Wildman–Crippen MR) is 34.2 cm³/mol. The quantitative estimate of drug-likeness (QED) is 0.354. The van der Waals surface area contributed by atoms with E-state index in [1.54, 1.807) is 20.8 Å². The summed E-state index contributed by atoms with van der Waals surface area (Å²) >= 11 is 0. The molecule has 0 aliphatic carbocycles. The molecule has 0 nitrogen and oxygen atoms in total. The van der Waals surface area contributed by atoms with E-state index in [0.717, 1.165) is 0 Å². The molecule has 0 aliphatic rings. The van der Waals surface area contributed by atoms with E-state index >= 15 is 0 Å². The van der Waals surface area contributed by atoms with Gasteiger partial charge in [-0.1, -0.05) is 0 Å². The van der Waals surface area contributed by atoms with Crippen LogP contribution in [0.2, 0.25) is 0 Å². The molecule has 0 aromatic heterocycles. The Morgan fingerprint density at radius 2 is 0.714 bits per heavy atom. The van der Waals surface area contributed by atoms with Crippen LogP contribution in [0.1, 0.15) is 22.2 Å². The first-order chi connectivity index (χ1) is 3.00. The van der Waals surface area contributed by atoms with Crippen molar-refractivity contribution < 1.29 is 23.1 Å². The molecule has 0 aromatic carbocycles. The van der Waals surface area contributed by atoms with Crippen LogP contribution in [-0.2, 0) is 21.7 Å². The Morgan fingerprint density at radius 1 is 0.714 bits per heavy atom. The van der Waals surface area contributed by atoms with E-state index in [2.05, 4.69) is 20.8 Å². The standard InChI is InChI=1S/3C2H5.Ti.H/c3*1-2;;/h3*1H2,2H3;;/q3*-1;+3;-1. The van der Waals surface area contributed by atoms with Crippen molar-refractivity contribution in [3.63, 3.8) is 0 Å². The summed E-state index contributed by atoms with van der Waals surface area (Å²) in [4.78, 5) is 0. The second-order valence-electron chi connectivity index (χ2n) is 0. The largest absolute Gasteiger partial charge is 3.00 e. The molecule has 0 unspecified atom stereocenters. The van der Waals surface area contributed by atoms with Gasteiger partial charge < -0.3 is 22.2 Å². The minimum absolute atomic E-state index is 0. The van der Waals surface area contributed by atoms with Gasteiger partial charge in [-0.3, -0.25) is 0 Å². The molecule has 0 saturated heterocycles. The second kappa shape index (κ2) is 430. The Bertz CT molecular complexity index is 8.49. The van der Waals surface area contributed by atoms with Crippen LogP contribution in [0.15, 0.2) is 0 Å². The number of hydrogen-bond acceptors (Lipinski definition) is 0. The summed E-state index contributed by atoms with van der Waals surface area (Å²) in [6.07, 6.45) is 0. The minimum atomic E-state index is 0. The molecule has 0 spiro atoms. The SMILES string of the molecule is [CH2-]C.[CH2-]C.[CH2-]C.[H-].[Ti+3]. The zero-order valence-electron chi connectivity index (χ0n) is 6.62. The first-order valence-corrected chi connectivity index (χ1v) is 2.12. The minimum Gasteiger partial charge on any atom is -1.00 e. The molecule has 0 fully saturated rings. The van der Waals surface area contributed by atoms with Gasteiger partial charge in [0.15, 0.2) is 0 Å². The van der Waals surface area contributed by atoms with Crippen LogP contribution in [0.3, 0.4) is 0 Å². The van der Waals surface area contributed by atoms with Crippen LogP contribution < -0.4 is 0 Å². The van der Waals surface area contributed by atoms with E-state index < -0.39 is 0 Å². The zero-order chi connectivity index (χ0) is 6.00. The van der Waals surface area contributed by atoms with Crippen molar-refractivity contribution in [2.24, 2.45) is 0 Å². The third-order valence-corrected chi connectivity index (χ3v) is 0. The number of hydrogen-bond donors (Lipinski definition) is 0. The van der Waals surface area contributed by atoms with Gasteiger partial charge >= 0.3 is 21.7 Å². The molecule has 0 amide bonds. The summed E-state index contributed by atoms with van der Waals surface area (Å²) in [6, 6.07) is 0. The molecular formula is C6H16Ti-. The second-order valence-corrected chi connectivity index (χ2v) is 0. The Labute approximate surface area is 65.1 Å². The van der Waals surface area contributed by atoms with Crippen molar-refractivity contribution in [1.29, 1.82) is 0 Å². The van der Waals surface area contributed by atoms with Crippen LogP contribution in [0.25, 0.3) is 0 Å². The van der Waals surface area contributed by atoms with E-state index in [-0.39, 0.29) is 23.1 Å². The van der Waals surface area contributed by atoms with Gasteiger partial charge in [-0.05, 0) is 0 Å². The monoisotopic (exact) mass is 136 g/mol. The molecule has 0 atom stereocenters. The van der Waals surface area contributed by atoms with Crippen molar-refractivity contribution in [3.05, 3.63) is 20.8 Å². The van der Waals surface area contributed by atoms with Crippen LogP contribution in [-0.4, -0.2) is 0 Å². The maximum absolute atomic E-state index is 3.25. The Balaban J connectivity index is -0.00000000500. The molecule has 0 rings (SSSR count). The molecule has 0 saturated carbocycles. The normalized spacial score (nSPS) is 2.57. The maximum Gasteiger partial charge on any atom is 3.00 e. The van der Waals surface area contributed by atoms with Gasteiger partial charge in [-0.15, -0.1) is 0 Å². The molecule has 1 radical (unpaired) electrons. The van der Waals surface area contributed by atoms with Gasteiger partial charge in [-0.25, -0.2) is 0 Å². The van der Waals surface area contributed by atoms with Crippen LogP contribution in [0.4, 0.5) is 0 Å². The van der Waals surface area contributed by atoms with Gasteiger partial charge in [-0.2, -0.15) is 20.8 Å². The van der Waals surface area contributed by atoms with Crippen molar-refractivity contribution >= 4 is 0 Å². The third-order valence-electron chi connectivity index (χ3n) is 0. The first-order valence-electron chi connectivity index (χ1n) is 2.12. The summed E-state index contributed by atoms with van der Waals surface area (Å²) in [5.74, 6) is 0. The van der Waals surface area contributed by atoms with Crippen LogP contribution >= 0.6 is 0 Å². The average Bonchev–Trinajstić information content (AvgIpc) is 1.81. The van der Waals surface area contributed by atoms with Crippen LogP contribution in [0.5, 0.6) is 0 Å². The van der Waals surface area contributed by atoms with E-state index in [0.29, 0.717) is 0 Å². The number of rotatable bonds is 0. The summed E-state index contributed by atoms with van der Waals surface area (Å²) < 4.78 is 0. The maximum atomic E-state index is 3.25. The summed E-state index contributed by atoms with van der Waals surface area (Å²) in [5.41, 5.74) is 0. The van der Waals surface area contributed by atoms with Crippen molar-refractivity contribution in [2.45, 2.75) is 20.8 Å². The third kappa shape index (κ3) is 292. The molecule has 0 heterocycles. The molecule has 0 aromatic rings. The zero-order valence-corrected chi connectivity index (χ0v) is 7.18. The molecule has 0 aliphatic heterocycles. The molecule has 0 N–H and O–H groups in total. The molecule has 45 valence electrons. The van der Waals surface area contributed by atoms with Gasteiger partial charge in [0.25, 0.3) is 0 Å². The predicted octanol–water partition coefficient (Wildman–Crippen LogP) is 2.63. The summed E-state index contributed by atoms with van der Waals surface area (Å²) in [6.45, 7) is 15.0. The summed E-state index contributed by atoms with van der Waals surface area (Å²) in [7, 11) is 0. The van der Waals surface area contributed by atoms with Gasteiger partial charge in [0.2, 0.25) is 0 Å². The molecular weight excluding hydrogens is 120 g/mol. The van der Waals surface area contributed by atoms with Crippen molar-refractivity contribution in [2.75, 3.05) is 0 Å². The van der Waals surface area contributed by atoms with Crippen molar-refractivity contribution in [1.82, 2.24) is 0 Å². The fraction of sp³-hybridized carbons (Fsp3) is 0.500. The Morgan fingerprint density at radius 3 is 0.714 bits per heavy atom. The topological polar surface area (TPSA) is 0 Å². The van der Waals surface area contributed by atoms with E-state index in [4.69, 9.17) is 0 Å². The van der Waals surface area contributed by atoms with Gasteiger partial charge in [0.1, 0.15) is 0 Å². The first kappa shape index (κ1) is 25.2. The molecule has 0 bridgehead atoms. The van der Waals surface area contributed by atoms with Gasteiger partial charge in [0, 0.05) is 0 Å². The molecule has 7 heavy (non-hydrogen) atoms. The fourth-order valence-electron chi connectivity index (χ4n) is 0. The van der Waals surface area contributed by atoms with Crippen molar-refractivity contribution in [3.8, 4) is 0 Å². The van der Waals surface area contributed by atoms with Gasteiger partial charge in [0.05, 0.1) is 0 Å². The fourth-order valence-corrected chi connectivity index (χ4v) is 0. The summed E-state index contributed by atoms with van der Waals surface area (Å²) in [5, 5.41) is 0. The molecule has 1 heteroatoms. The van der Waals surface area contributed by atoms with Crippen LogP contribution in [0, 0.1) is 20.8 Å². The smallest absolute Gasteiger partial charge is 1.00 e. The van der Waals surface area contributed by atoms with E-state index in [1.165, 1.54) is 0 Å². The Hall–Kier alpha value is 0.714. The van der Waals surface area contributed by atoms with E-state index in [9.17, 15) is 0 Å². The average molecular weight is 136 g/mol.